The van der Waals surface area contributed by atoms with E-state index in [-0.39, 0.29) is 19.4 Å². The van der Waals surface area contributed by atoms with Gasteiger partial charge in [-0.2, -0.15) is 0 Å². The summed E-state index contributed by atoms with van der Waals surface area (Å²) >= 11 is 0. The number of carbonyl (C=O) groups excluding carboxylic acids is 2. The van der Waals surface area contributed by atoms with Gasteiger partial charge >= 0.3 is 19.8 Å². The van der Waals surface area contributed by atoms with Crippen LogP contribution in [0.5, 0.6) is 0 Å². The zero-order valence-corrected chi connectivity index (χ0v) is 31.1. The molecule has 0 aromatic carbocycles. The minimum absolute atomic E-state index is 0.203. The molecule has 0 unspecified atom stereocenters. The standard InChI is InChI=1S/C38H71O8P/c1-3-5-7-9-11-13-15-17-19-21-22-24-26-28-30-32-37(39)44-34-36(35-45-47(41,42)43)46-38(40)33-31-29-27-25-23-20-18-16-14-12-10-8-6-4-2/h9,11,16,18,36H,3-8,10,12-15,17,19-35H2,1-2H3,(H2,41,42,43)/b11-9+,18-16+/t36-/m1/s1. The molecule has 0 rings (SSSR count). The molecule has 0 aromatic rings. The summed E-state index contributed by atoms with van der Waals surface area (Å²) in [5.74, 6) is -0.894. The van der Waals surface area contributed by atoms with Gasteiger partial charge < -0.3 is 19.3 Å². The van der Waals surface area contributed by atoms with E-state index in [9.17, 15) is 14.2 Å². The fraction of sp³-hybridized carbons (Fsp3) is 0.842. The van der Waals surface area contributed by atoms with E-state index in [1.165, 1.54) is 103 Å². The van der Waals surface area contributed by atoms with Crippen LogP contribution in [0.25, 0.3) is 0 Å². The number of unbranched alkanes of at least 4 members (excludes halogenated alkanes) is 21. The molecule has 0 fully saturated rings. The summed E-state index contributed by atoms with van der Waals surface area (Å²) in [6, 6.07) is 0. The van der Waals surface area contributed by atoms with E-state index >= 15 is 0 Å². The Balaban J connectivity index is 3.96. The monoisotopic (exact) mass is 686 g/mol. The van der Waals surface area contributed by atoms with E-state index < -0.39 is 32.5 Å². The highest BCUT2D eigenvalue weighted by atomic mass is 31.2. The highest BCUT2D eigenvalue weighted by molar-refractivity contribution is 7.46. The van der Waals surface area contributed by atoms with Gasteiger partial charge in [0.15, 0.2) is 6.10 Å². The molecular formula is C38H71O8P. The summed E-state index contributed by atoms with van der Waals surface area (Å²) in [6.07, 6.45) is 37.5. The molecular weight excluding hydrogens is 615 g/mol. The largest absolute Gasteiger partial charge is 0.469 e. The number of hydrogen-bond acceptors (Lipinski definition) is 6. The number of hydrogen-bond donors (Lipinski definition) is 2. The van der Waals surface area contributed by atoms with Crippen LogP contribution in [0.4, 0.5) is 0 Å². The fourth-order valence-corrected chi connectivity index (χ4v) is 5.65. The lowest BCUT2D eigenvalue weighted by Gasteiger charge is -2.18. The predicted molar refractivity (Wildman–Crippen MR) is 193 cm³/mol. The minimum Gasteiger partial charge on any atom is -0.462 e. The first-order valence-electron chi connectivity index (χ1n) is 19.1. The van der Waals surface area contributed by atoms with Crippen molar-refractivity contribution < 1.29 is 37.9 Å². The number of allylic oxidation sites excluding steroid dienone is 4. The van der Waals surface area contributed by atoms with Crippen molar-refractivity contribution in [3.63, 3.8) is 0 Å². The van der Waals surface area contributed by atoms with Crippen LogP contribution >= 0.6 is 7.82 Å². The van der Waals surface area contributed by atoms with Crippen molar-refractivity contribution >= 4 is 19.8 Å². The van der Waals surface area contributed by atoms with Gasteiger partial charge in [0.25, 0.3) is 0 Å². The van der Waals surface area contributed by atoms with Crippen LogP contribution in [0.2, 0.25) is 0 Å². The lowest BCUT2D eigenvalue weighted by molar-refractivity contribution is -0.161. The molecule has 0 aliphatic heterocycles. The van der Waals surface area contributed by atoms with Crippen LogP contribution in [0, 0.1) is 0 Å². The van der Waals surface area contributed by atoms with Crippen LogP contribution in [0.3, 0.4) is 0 Å². The van der Waals surface area contributed by atoms with E-state index in [0.717, 1.165) is 51.4 Å². The smallest absolute Gasteiger partial charge is 0.462 e. The molecule has 1 atom stereocenters. The zero-order valence-electron chi connectivity index (χ0n) is 30.2. The first-order chi connectivity index (χ1) is 22.8. The van der Waals surface area contributed by atoms with E-state index in [0.29, 0.717) is 6.42 Å². The van der Waals surface area contributed by atoms with Crippen molar-refractivity contribution in [2.24, 2.45) is 0 Å². The molecule has 0 bridgehead atoms. The molecule has 0 spiro atoms. The van der Waals surface area contributed by atoms with Crippen LogP contribution in [0.1, 0.15) is 187 Å². The maximum absolute atomic E-state index is 12.3. The molecule has 0 amide bonds. The van der Waals surface area contributed by atoms with Crippen LogP contribution in [-0.2, 0) is 28.2 Å². The van der Waals surface area contributed by atoms with Crippen molar-refractivity contribution in [3.8, 4) is 0 Å². The number of carbonyl (C=O) groups is 2. The molecule has 0 aliphatic carbocycles. The third-order valence-corrected chi connectivity index (χ3v) is 8.68. The fourth-order valence-electron chi connectivity index (χ4n) is 5.29. The van der Waals surface area contributed by atoms with E-state index in [2.05, 4.69) is 42.7 Å². The average Bonchev–Trinajstić information content (AvgIpc) is 3.03. The van der Waals surface area contributed by atoms with Gasteiger partial charge in [-0.25, -0.2) is 4.57 Å². The lowest BCUT2D eigenvalue weighted by Crippen LogP contribution is -2.29. The number of rotatable bonds is 35. The second-order valence-electron chi connectivity index (χ2n) is 12.9. The molecule has 0 aliphatic rings. The highest BCUT2D eigenvalue weighted by Crippen LogP contribution is 2.36. The van der Waals surface area contributed by atoms with E-state index in [1.807, 2.05) is 0 Å². The summed E-state index contributed by atoms with van der Waals surface area (Å²) in [5.41, 5.74) is 0. The zero-order chi connectivity index (χ0) is 34.7. The summed E-state index contributed by atoms with van der Waals surface area (Å²) in [6.45, 7) is 3.63. The second kappa shape index (κ2) is 34.4. The molecule has 9 heteroatoms. The third kappa shape index (κ3) is 37.2. The minimum atomic E-state index is -4.75. The van der Waals surface area contributed by atoms with E-state index in [1.54, 1.807) is 0 Å². The third-order valence-electron chi connectivity index (χ3n) is 8.19. The molecule has 0 aromatic heterocycles. The van der Waals surface area contributed by atoms with Crippen molar-refractivity contribution in [3.05, 3.63) is 24.3 Å². The molecule has 0 heterocycles. The molecule has 8 nitrogen and oxygen atoms in total. The quantitative estimate of drug-likeness (QED) is 0.0292. The van der Waals surface area contributed by atoms with Crippen molar-refractivity contribution in [2.75, 3.05) is 13.2 Å². The van der Waals surface area contributed by atoms with Crippen LogP contribution in [-0.4, -0.2) is 41.0 Å². The molecule has 47 heavy (non-hydrogen) atoms. The maximum atomic E-state index is 12.3. The molecule has 2 N–H and O–H groups in total. The van der Waals surface area contributed by atoms with E-state index in [4.69, 9.17) is 19.3 Å². The summed E-state index contributed by atoms with van der Waals surface area (Å²) in [7, 11) is -4.75. The first-order valence-corrected chi connectivity index (χ1v) is 20.7. The Morgan fingerprint density at radius 1 is 0.532 bits per heavy atom. The Morgan fingerprint density at radius 2 is 0.915 bits per heavy atom. The van der Waals surface area contributed by atoms with Gasteiger partial charge in [0.2, 0.25) is 0 Å². The Bertz CT molecular complexity index is 823. The maximum Gasteiger partial charge on any atom is 0.469 e. The lowest BCUT2D eigenvalue weighted by atomic mass is 10.1. The number of phosphoric acid groups is 1. The Kier molecular flexibility index (Phi) is 33.3. The van der Waals surface area contributed by atoms with Gasteiger partial charge in [-0.05, 0) is 57.8 Å². The van der Waals surface area contributed by atoms with Gasteiger partial charge in [0, 0.05) is 12.8 Å². The average molecular weight is 687 g/mol. The van der Waals surface area contributed by atoms with Crippen molar-refractivity contribution in [2.45, 2.75) is 193 Å². The topological polar surface area (TPSA) is 119 Å². The van der Waals surface area contributed by atoms with Gasteiger partial charge in [0.1, 0.15) is 6.61 Å². The number of esters is 2. The Hall–Kier alpha value is -1.47. The normalized spacial score (nSPS) is 12.7. The summed E-state index contributed by atoms with van der Waals surface area (Å²) in [5, 5.41) is 0. The Morgan fingerprint density at radius 3 is 1.36 bits per heavy atom. The van der Waals surface area contributed by atoms with Gasteiger partial charge in [-0.1, -0.05) is 141 Å². The highest BCUT2D eigenvalue weighted by Gasteiger charge is 2.22. The summed E-state index contributed by atoms with van der Waals surface area (Å²) in [4.78, 5) is 42.7. The van der Waals surface area contributed by atoms with Crippen LogP contribution < -0.4 is 0 Å². The molecule has 0 saturated heterocycles. The number of ether oxygens (including phenoxy) is 2. The van der Waals surface area contributed by atoms with Gasteiger partial charge in [0.05, 0.1) is 6.61 Å². The molecule has 276 valence electrons. The molecule has 0 saturated carbocycles. The van der Waals surface area contributed by atoms with Crippen LogP contribution in [0.15, 0.2) is 24.3 Å². The first kappa shape index (κ1) is 45.5. The van der Waals surface area contributed by atoms with Crippen molar-refractivity contribution in [1.82, 2.24) is 0 Å². The van der Waals surface area contributed by atoms with Gasteiger partial charge in [-0.3, -0.25) is 14.1 Å². The SMILES string of the molecule is CCCC/C=C/CCCCCCCCCCCC(=O)OC[C@H](COP(=O)(O)O)OC(=O)CCCCCCC/C=C/CCCCCCC. The number of phosphoric ester groups is 1. The summed E-state index contributed by atoms with van der Waals surface area (Å²) < 4.78 is 26.3. The predicted octanol–water partition coefficient (Wildman–Crippen LogP) is 11.2. The van der Waals surface area contributed by atoms with Gasteiger partial charge in [-0.15, -0.1) is 0 Å². The molecule has 0 radical (unpaired) electrons. The Labute approximate surface area is 288 Å². The van der Waals surface area contributed by atoms with Crippen molar-refractivity contribution in [1.29, 1.82) is 0 Å². The second-order valence-corrected chi connectivity index (χ2v) is 14.1.